The Morgan fingerprint density at radius 3 is 1.50 bits per heavy atom. The smallest absolute Gasteiger partial charge is 0.0969 e. The molecule has 0 amide bonds. The quantitative estimate of drug-likeness (QED) is 0.125. The Hall–Kier alpha value is -0.868. The normalized spacial score (nSPS) is 15.9. The zero-order chi connectivity index (χ0) is 22.0. The summed E-state index contributed by atoms with van der Waals surface area (Å²) in [7, 11) is -0.577. The van der Waals surface area contributed by atoms with Crippen molar-refractivity contribution in [2.24, 2.45) is 5.92 Å². The third-order valence-electron chi connectivity index (χ3n) is 5.05. The molecule has 2 aliphatic rings. The molecule has 0 aliphatic heterocycles. The predicted octanol–water partition coefficient (Wildman–Crippen LogP) is 6.87. The molecule has 2 aliphatic carbocycles. The summed E-state index contributed by atoms with van der Waals surface area (Å²) in [6.45, 7) is 6.96. The van der Waals surface area contributed by atoms with Gasteiger partial charge in [0, 0.05) is 37.5 Å². The minimum absolute atomic E-state index is 0. The largest absolute Gasteiger partial charge is 0.814 e. The van der Waals surface area contributed by atoms with Crippen molar-refractivity contribution in [1.29, 1.82) is 0 Å². The average molecular weight is 583 g/mol. The van der Waals surface area contributed by atoms with Crippen LogP contribution in [0.4, 0.5) is 0 Å². The van der Waals surface area contributed by atoms with E-state index >= 15 is 0 Å². The van der Waals surface area contributed by atoms with E-state index < -0.39 is 7.92 Å². The zero-order valence-electron chi connectivity index (χ0n) is 19.3. The Morgan fingerprint density at radius 2 is 1.22 bits per heavy atom. The van der Waals surface area contributed by atoms with Crippen molar-refractivity contribution in [2.45, 2.75) is 58.0 Å². The fourth-order valence-corrected chi connectivity index (χ4v) is 7.15. The minimum atomic E-state index is -0.577. The van der Waals surface area contributed by atoms with Gasteiger partial charge < -0.3 is 17.7 Å². The summed E-state index contributed by atoms with van der Waals surface area (Å²) in [5.41, 5.74) is 0.930. The van der Waals surface area contributed by atoms with E-state index in [0.29, 0.717) is 5.92 Å². The Labute approximate surface area is 222 Å². The Balaban J connectivity index is 0. The van der Waals surface area contributed by atoms with Crippen LogP contribution in [0, 0.1) is 12.8 Å². The first-order chi connectivity index (χ1) is 14.7. The van der Waals surface area contributed by atoms with Crippen molar-refractivity contribution >= 4 is 31.0 Å². The molecule has 0 aromatic heterocycles. The van der Waals surface area contributed by atoms with E-state index in [1.54, 1.807) is 24.5 Å². The maximum Gasteiger partial charge on any atom is 0.0969 e. The molecule has 1 fully saturated rings. The third kappa shape index (κ3) is 13.6. The topological polar surface area (TPSA) is 44.6 Å². The molecule has 2 aromatic rings. The molecule has 4 rings (SSSR count). The van der Waals surface area contributed by atoms with E-state index in [-0.39, 0.29) is 37.5 Å². The summed E-state index contributed by atoms with van der Waals surface area (Å²) in [6, 6.07) is 22.4. The SMILES string of the molecule is CC=[N-].CC=[N-].[CH2-]C1C=CCC1.[Fe].[Pd].c1ccc([PH+](c2ccccc2)C2CCCC2)cc1. The average Bonchev–Trinajstić information content (AvgIpc) is 3.46. The van der Waals surface area contributed by atoms with Crippen molar-refractivity contribution in [3.8, 4) is 0 Å². The summed E-state index contributed by atoms with van der Waals surface area (Å²) in [5, 5.41) is 18.1. The molecule has 0 N–H and O–H groups in total. The number of hydrogen-bond acceptors (Lipinski definition) is 0. The molecule has 180 valence electrons. The molecular formula is C27H37FeN2PPd-2. The number of benzene rings is 2. The van der Waals surface area contributed by atoms with Gasteiger partial charge in [-0.2, -0.15) is 5.92 Å². The van der Waals surface area contributed by atoms with Gasteiger partial charge in [0.05, 0.1) is 24.2 Å². The van der Waals surface area contributed by atoms with Crippen molar-refractivity contribution in [3.63, 3.8) is 0 Å². The summed E-state index contributed by atoms with van der Waals surface area (Å²) in [6.07, 6.45) is 14.6. The van der Waals surface area contributed by atoms with Crippen molar-refractivity contribution in [1.82, 2.24) is 0 Å². The van der Waals surface area contributed by atoms with Crippen LogP contribution in [0.2, 0.25) is 0 Å². The van der Waals surface area contributed by atoms with E-state index in [1.807, 2.05) is 0 Å². The van der Waals surface area contributed by atoms with Crippen LogP contribution in [0.5, 0.6) is 0 Å². The first-order valence-electron chi connectivity index (χ1n) is 11.0. The van der Waals surface area contributed by atoms with Crippen LogP contribution in [0.25, 0.3) is 10.8 Å². The van der Waals surface area contributed by atoms with Gasteiger partial charge in [-0.05, 0) is 56.4 Å². The number of hydrogen-bond donors (Lipinski definition) is 0. The van der Waals surface area contributed by atoms with Crippen LogP contribution < -0.4 is 10.6 Å². The molecule has 0 heterocycles. The fraction of sp³-hybridized carbons (Fsp3) is 0.370. The van der Waals surface area contributed by atoms with Crippen molar-refractivity contribution < 1.29 is 37.5 Å². The first-order valence-corrected chi connectivity index (χ1v) is 12.6. The van der Waals surface area contributed by atoms with Gasteiger partial charge in [-0.15, -0.1) is 6.08 Å². The summed E-state index contributed by atoms with van der Waals surface area (Å²) in [4.78, 5) is 0. The molecule has 2 nitrogen and oxygen atoms in total. The summed E-state index contributed by atoms with van der Waals surface area (Å²) < 4.78 is 0. The van der Waals surface area contributed by atoms with Gasteiger partial charge in [-0.25, -0.2) is 12.4 Å². The van der Waals surface area contributed by atoms with Gasteiger partial charge in [-0.3, -0.25) is 0 Å². The molecule has 0 saturated heterocycles. The van der Waals surface area contributed by atoms with E-state index in [1.165, 1.54) is 38.5 Å². The van der Waals surface area contributed by atoms with Crippen LogP contribution in [0.15, 0.2) is 72.8 Å². The predicted molar refractivity (Wildman–Crippen MR) is 140 cm³/mol. The van der Waals surface area contributed by atoms with Gasteiger partial charge >= 0.3 is 0 Å². The fourth-order valence-electron chi connectivity index (χ4n) is 3.78. The van der Waals surface area contributed by atoms with E-state index in [0.717, 1.165) is 18.1 Å². The second-order valence-corrected chi connectivity index (χ2v) is 10.2. The molecule has 0 spiro atoms. The maximum atomic E-state index is 7.44. The molecule has 1 unspecified atom stereocenters. The minimum Gasteiger partial charge on any atom is -0.814 e. The molecule has 0 radical (unpaired) electrons. The van der Waals surface area contributed by atoms with Gasteiger partial charge in [0.15, 0.2) is 0 Å². The number of allylic oxidation sites excluding steroid dienone is 2. The van der Waals surface area contributed by atoms with Crippen LogP contribution in [0.3, 0.4) is 0 Å². The Kier molecular flexibility index (Phi) is 22.8. The van der Waals surface area contributed by atoms with Crippen molar-refractivity contribution in [2.75, 3.05) is 0 Å². The van der Waals surface area contributed by atoms with E-state index in [2.05, 4.69) is 79.7 Å². The van der Waals surface area contributed by atoms with E-state index in [4.69, 9.17) is 10.8 Å². The first kappa shape index (κ1) is 33.3. The van der Waals surface area contributed by atoms with Gasteiger partial charge in [0.25, 0.3) is 0 Å². The summed E-state index contributed by atoms with van der Waals surface area (Å²) >= 11 is 0. The summed E-state index contributed by atoms with van der Waals surface area (Å²) in [5.74, 6) is 0.616. The standard InChI is InChI=1S/C17H19P.C6H9.2C2H4N.Fe.Pd/c1-3-9-15(10-4-1)18(17-13-7-8-14-17)16-11-5-2-6-12-16;1-6-4-2-3-5-6;2*1-2-3;;/h1-6,9-12,17H,7-8,13-14H2;2,4,6H,1,3,5H2;2*2H,1H3;;/q;3*-1;;/p+1. The zero-order valence-corrected chi connectivity index (χ0v) is 22.9. The van der Waals surface area contributed by atoms with Gasteiger partial charge in [-0.1, -0.05) is 62.7 Å². The second-order valence-electron chi connectivity index (χ2n) is 7.41. The van der Waals surface area contributed by atoms with Crippen LogP contribution in [-0.4, -0.2) is 18.1 Å². The van der Waals surface area contributed by atoms with Crippen LogP contribution in [0.1, 0.15) is 52.4 Å². The Morgan fingerprint density at radius 1 is 0.812 bits per heavy atom. The van der Waals surface area contributed by atoms with Gasteiger partial charge in [0.1, 0.15) is 0 Å². The molecule has 0 bridgehead atoms. The molecule has 5 heteroatoms. The third-order valence-corrected chi connectivity index (χ3v) is 8.35. The maximum absolute atomic E-state index is 7.44. The van der Waals surface area contributed by atoms with Crippen LogP contribution in [-0.2, 0) is 37.5 Å². The molecule has 1 saturated carbocycles. The Bertz CT molecular complexity index is 673. The molecule has 2 aromatic carbocycles. The monoisotopic (exact) mass is 582 g/mol. The van der Waals surface area contributed by atoms with Crippen molar-refractivity contribution in [3.05, 3.63) is 90.6 Å². The molecule has 1 atom stereocenters. The van der Waals surface area contributed by atoms with E-state index in [9.17, 15) is 0 Å². The molecule has 32 heavy (non-hydrogen) atoms. The number of nitrogens with zero attached hydrogens (tertiary/aromatic N) is 2. The van der Waals surface area contributed by atoms with Crippen LogP contribution >= 0.6 is 7.92 Å². The molecular weight excluding hydrogens is 546 g/mol. The number of rotatable bonds is 3. The van der Waals surface area contributed by atoms with Gasteiger partial charge in [0.2, 0.25) is 0 Å². The second kappa shape index (κ2) is 22.0.